The minimum atomic E-state index is -0.0489. The van der Waals surface area contributed by atoms with E-state index >= 15 is 0 Å². The number of ketones is 1. The van der Waals surface area contributed by atoms with Crippen LogP contribution in [-0.4, -0.2) is 17.4 Å². The maximum atomic E-state index is 12.2. The first-order valence-electron chi connectivity index (χ1n) is 9.01. The van der Waals surface area contributed by atoms with E-state index in [0.717, 1.165) is 12.1 Å². The Balaban J connectivity index is 1.88. The average molecular weight is 339 g/mol. The highest BCUT2D eigenvalue weighted by Crippen LogP contribution is 2.11. The smallest absolute Gasteiger partial charge is 0.223 e. The molecule has 132 valence electrons. The molecule has 0 N–H and O–H groups in total. The van der Waals surface area contributed by atoms with Gasteiger partial charge in [-0.05, 0) is 43.0 Å². The van der Waals surface area contributed by atoms with Crippen LogP contribution in [-0.2, 0) is 0 Å². The van der Waals surface area contributed by atoms with Gasteiger partial charge in [0.1, 0.15) is 0 Å². The monoisotopic (exact) mass is 339 g/mol. The molecule has 2 aromatic heterocycles. The summed E-state index contributed by atoms with van der Waals surface area (Å²) < 4.78 is 1.67. The van der Waals surface area contributed by atoms with Gasteiger partial charge in [0, 0.05) is 28.6 Å². The van der Waals surface area contributed by atoms with Crippen LogP contribution in [0.15, 0.2) is 55.0 Å². The maximum absolute atomic E-state index is 12.2. The Kier molecular flexibility index (Phi) is 7.83. The van der Waals surface area contributed by atoms with Crippen molar-refractivity contribution < 1.29 is 14.4 Å². The summed E-state index contributed by atoms with van der Waals surface area (Å²) in [6.07, 6.45) is 13.3. The molecule has 0 aliphatic rings. The number of aromatic nitrogens is 2. The predicted molar refractivity (Wildman–Crippen MR) is 99.0 cm³/mol. The molecule has 0 spiro atoms. The SMILES string of the molecule is CCCCC(CC)CO[n+]1ccc(C(=O)/C=C/c2ccccn2)cc1. The number of rotatable bonds is 10. The highest BCUT2D eigenvalue weighted by Gasteiger charge is 2.11. The molecule has 0 radical (unpaired) electrons. The number of hydrogen-bond acceptors (Lipinski definition) is 3. The van der Waals surface area contributed by atoms with Crippen LogP contribution in [0.4, 0.5) is 0 Å². The van der Waals surface area contributed by atoms with Crippen LogP contribution in [0.25, 0.3) is 6.08 Å². The van der Waals surface area contributed by atoms with Gasteiger partial charge >= 0.3 is 0 Å². The van der Waals surface area contributed by atoms with Crippen LogP contribution < -0.4 is 9.57 Å². The number of carbonyl (C=O) groups is 1. The third-order valence-corrected chi connectivity index (χ3v) is 4.18. The van der Waals surface area contributed by atoms with Crippen LogP contribution in [0.2, 0.25) is 0 Å². The second-order valence-electron chi connectivity index (χ2n) is 6.11. The summed E-state index contributed by atoms with van der Waals surface area (Å²) in [5, 5.41) is 0. The normalized spacial score (nSPS) is 12.2. The van der Waals surface area contributed by atoms with Gasteiger partial charge in [-0.3, -0.25) is 14.6 Å². The molecule has 1 unspecified atom stereocenters. The van der Waals surface area contributed by atoms with Crippen molar-refractivity contribution in [2.24, 2.45) is 5.92 Å². The lowest BCUT2D eigenvalue weighted by atomic mass is 10.0. The summed E-state index contributed by atoms with van der Waals surface area (Å²) in [6, 6.07) is 9.15. The first kappa shape index (κ1) is 18.8. The van der Waals surface area contributed by atoms with E-state index in [1.54, 1.807) is 47.6 Å². The first-order chi connectivity index (χ1) is 12.2. The maximum Gasteiger partial charge on any atom is 0.223 e. The van der Waals surface area contributed by atoms with Crippen molar-refractivity contribution >= 4 is 11.9 Å². The van der Waals surface area contributed by atoms with Gasteiger partial charge in [-0.25, -0.2) is 0 Å². The molecule has 0 amide bonds. The summed E-state index contributed by atoms with van der Waals surface area (Å²) in [7, 11) is 0. The minimum absolute atomic E-state index is 0.0489. The summed E-state index contributed by atoms with van der Waals surface area (Å²) in [4.78, 5) is 22.2. The third-order valence-electron chi connectivity index (χ3n) is 4.18. The van der Waals surface area contributed by atoms with E-state index in [2.05, 4.69) is 18.8 Å². The van der Waals surface area contributed by atoms with E-state index in [0.29, 0.717) is 18.1 Å². The van der Waals surface area contributed by atoms with Crippen molar-refractivity contribution in [3.05, 3.63) is 66.3 Å². The van der Waals surface area contributed by atoms with E-state index in [1.165, 1.54) is 19.3 Å². The zero-order valence-corrected chi connectivity index (χ0v) is 15.1. The van der Waals surface area contributed by atoms with Crippen molar-refractivity contribution in [1.82, 2.24) is 4.98 Å². The van der Waals surface area contributed by atoms with Gasteiger partial charge in [0.15, 0.2) is 12.4 Å². The van der Waals surface area contributed by atoms with E-state index in [1.807, 2.05) is 18.2 Å². The third kappa shape index (κ3) is 6.49. The first-order valence-corrected chi connectivity index (χ1v) is 9.01. The van der Waals surface area contributed by atoms with Gasteiger partial charge in [0.2, 0.25) is 12.4 Å². The molecule has 0 aliphatic carbocycles. The summed E-state index contributed by atoms with van der Waals surface area (Å²) in [5.41, 5.74) is 1.40. The molecule has 4 nitrogen and oxygen atoms in total. The Morgan fingerprint density at radius 1 is 1.24 bits per heavy atom. The van der Waals surface area contributed by atoms with Crippen LogP contribution in [0.5, 0.6) is 0 Å². The number of hydrogen-bond donors (Lipinski definition) is 0. The lowest BCUT2D eigenvalue weighted by molar-refractivity contribution is -0.892. The Hall–Kier alpha value is -2.49. The van der Waals surface area contributed by atoms with Crippen LogP contribution in [0.1, 0.15) is 55.6 Å². The van der Waals surface area contributed by atoms with Gasteiger partial charge in [0.05, 0.1) is 5.69 Å². The minimum Gasteiger partial charge on any atom is -0.289 e. The Morgan fingerprint density at radius 3 is 2.68 bits per heavy atom. The number of carbonyl (C=O) groups excluding carboxylic acids is 1. The van der Waals surface area contributed by atoms with Crippen molar-refractivity contribution in [2.75, 3.05) is 6.61 Å². The largest absolute Gasteiger partial charge is 0.289 e. The molecule has 2 aromatic rings. The molecule has 0 aliphatic heterocycles. The van der Waals surface area contributed by atoms with Crippen LogP contribution >= 0.6 is 0 Å². The van der Waals surface area contributed by atoms with Gasteiger partial charge in [-0.2, -0.15) is 0 Å². The predicted octanol–water partition coefficient (Wildman–Crippen LogP) is 3.91. The second-order valence-corrected chi connectivity index (χ2v) is 6.11. The van der Waals surface area contributed by atoms with E-state index < -0.39 is 0 Å². The van der Waals surface area contributed by atoms with Gasteiger partial charge < -0.3 is 0 Å². The van der Waals surface area contributed by atoms with E-state index in [4.69, 9.17) is 4.84 Å². The molecule has 1 atom stereocenters. The summed E-state index contributed by atoms with van der Waals surface area (Å²) in [6.45, 7) is 5.11. The van der Waals surface area contributed by atoms with Crippen molar-refractivity contribution in [2.45, 2.75) is 39.5 Å². The Bertz CT molecular complexity index is 666. The molecule has 2 rings (SSSR count). The van der Waals surface area contributed by atoms with E-state index in [9.17, 15) is 4.79 Å². The Labute approximate surface area is 150 Å². The van der Waals surface area contributed by atoms with Crippen LogP contribution in [0, 0.1) is 5.92 Å². The topological polar surface area (TPSA) is 43.1 Å². The van der Waals surface area contributed by atoms with Crippen molar-refractivity contribution in [1.29, 1.82) is 0 Å². The van der Waals surface area contributed by atoms with Gasteiger partial charge in [-0.15, -0.1) is 0 Å². The Morgan fingerprint density at radius 2 is 2.04 bits per heavy atom. The zero-order chi connectivity index (χ0) is 17.9. The van der Waals surface area contributed by atoms with Crippen molar-refractivity contribution in [3.63, 3.8) is 0 Å². The molecule has 2 heterocycles. The lowest BCUT2D eigenvalue weighted by Crippen LogP contribution is -2.44. The number of pyridine rings is 2. The standard InChI is InChI=1S/C21H27N2O2/c1-3-5-8-18(4-2)17-25-23-15-12-19(13-16-23)21(24)11-10-20-9-6-7-14-22-20/h6-7,9-16,18H,3-5,8,17H2,1-2H3/q+1/b11-10+. The molecule has 4 heteroatoms. The molecule has 25 heavy (non-hydrogen) atoms. The molecular weight excluding hydrogens is 312 g/mol. The van der Waals surface area contributed by atoms with Gasteiger partial charge in [0.25, 0.3) is 0 Å². The molecule has 0 bridgehead atoms. The lowest BCUT2D eigenvalue weighted by Gasteiger charge is -2.11. The fraction of sp³-hybridized carbons (Fsp3) is 0.381. The summed E-state index contributed by atoms with van der Waals surface area (Å²) in [5.74, 6) is 0.530. The summed E-state index contributed by atoms with van der Waals surface area (Å²) >= 11 is 0. The fourth-order valence-corrected chi connectivity index (χ4v) is 2.48. The van der Waals surface area contributed by atoms with Crippen LogP contribution in [0.3, 0.4) is 0 Å². The number of allylic oxidation sites excluding steroid dienone is 1. The molecule has 0 saturated carbocycles. The quantitative estimate of drug-likeness (QED) is 0.374. The fourth-order valence-electron chi connectivity index (χ4n) is 2.48. The highest BCUT2D eigenvalue weighted by atomic mass is 16.7. The second kappa shape index (κ2) is 10.4. The zero-order valence-electron chi connectivity index (χ0n) is 15.1. The average Bonchev–Trinajstić information content (AvgIpc) is 2.67. The highest BCUT2D eigenvalue weighted by molar-refractivity contribution is 6.06. The van der Waals surface area contributed by atoms with Gasteiger partial charge in [-0.1, -0.05) is 32.8 Å². The molecule has 0 fully saturated rings. The molecule has 0 aromatic carbocycles. The molecule has 0 saturated heterocycles. The number of unbranched alkanes of at least 4 members (excludes halogenated alkanes) is 1. The molecular formula is C21H27N2O2+. The van der Waals surface area contributed by atoms with Crippen molar-refractivity contribution in [3.8, 4) is 0 Å². The van der Waals surface area contributed by atoms with E-state index in [-0.39, 0.29) is 5.78 Å². The number of nitrogens with zero attached hydrogens (tertiary/aromatic N) is 2.